The number of carbonyl (C=O) groups excluding carboxylic acids is 1. The molecule has 0 fully saturated rings. The SMILES string of the molecule is COc1ccc(OC)c(-c2csc(NC(=O)c3cccc(S(=O)(=O)NC(C)(C)C)c3)n2)c1. The molecule has 3 rings (SSSR count). The number of aromatic nitrogens is 1. The lowest BCUT2D eigenvalue weighted by molar-refractivity contribution is 0.102. The van der Waals surface area contributed by atoms with Crippen LogP contribution in [-0.4, -0.2) is 39.1 Å². The number of hydrogen-bond acceptors (Lipinski definition) is 7. The van der Waals surface area contributed by atoms with Gasteiger partial charge in [-0.3, -0.25) is 10.1 Å². The Morgan fingerprint density at radius 1 is 1.06 bits per heavy atom. The van der Waals surface area contributed by atoms with Crippen molar-refractivity contribution in [3.8, 4) is 22.8 Å². The second-order valence-corrected chi connectivity index (χ2v) is 10.5. The van der Waals surface area contributed by atoms with E-state index >= 15 is 0 Å². The second-order valence-electron chi connectivity index (χ2n) is 7.94. The molecule has 2 aromatic carbocycles. The van der Waals surface area contributed by atoms with Gasteiger partial charge in [-0.1, -0.05) is 6.07 Å². The van der Waals surface area contributed by atoms with E-state index in [1.807, 2.05) is 0 Å². The average Bonchev–Trinajstić information content (AvgIpc) is 3.20. The summed E-state index contributed by atoms with van der Waals surface area (Å²) >= 11 is 1.25. The number of nitrogens with one attached hydrogen (secondary N) is 2. The number of anilines is 1. The highest BCUT2D eigenvalue weighted by molar-refractivity contribution is 7.89. The van der Waals surface area contributed by atoms with Gasteiger partial charge in [0.15, 0.2) is 5.13 Å². The lowest BCUT2D eigenvalue weighted by Crippen LogP contribution is -2.40. The Balaban J connectivity index is 1.82. The molecule has 0 saturated carbocycles. The Morgan fingerprint density at radius 2 is 1.81 bits per heavy atom. The lowest BCUT2D eigenvalue weighted by atomic mass is 10.1. The topological polar surface area (TPSA) is 107 Å². The van der Waals surface area contributed by atoms with Crippen LogP contribution in [0.15, 0.2) is 52.7 Å². The summed E-state index contributed by atoms with van der Waals surface area (Å²) in [5.41, 5.74) is 0.907. The van der Waals surface area contributed by atoms with E-state index < -0.39 is 21.5 Å². The van der Waals surface area contributed by atoms with Crippen molar-refractivity contribution < 1.29 is 22.7 Å². The Labute approximate surface area is 191 Å². The minimum Gasteiger partial charge on any atom is -0.497 e. The van der Waals surface area contributed by atoms with Gasteiger partial charge in [-0.2, -0.15) is 0 Å². The van der Waals surface area contributed by atoms with E-state index in [0.29, 0.717) is 22.3 Å². The van der Waals surface area contributed by atoms with Gasteiger partial charge >= 0.3 is 0 Å². The molecule has 1 amide bonds. The number of nitrogens with zero attached hydrogens (tertiary/aromatic N) is 1. The number of ether oxygens (including phenoxy) is 2. The van der Waals surface area contributed by atoms with Crippen molar-refractivity contribution in [1.82, 2.24) is 9.71 Å². The molecule has 0 bridgehead atoms. The molecule has 1 aromatic heterocycles. The largest absolute Gasteiger partial charge is 0.497 e. The molecule has 0 radical (unpaired) electrons. The first kappa shape index (κ1) is 23.7. The molecule has 8 nitrogen and oxygen atoms in total. The lowest BCUT2D eigenvalue weighted by Gasteiger charge is -2.20. The molecule has 0 spiro atoms. The van der Waals surface area contributed by atoms with Crippen molar-refractivity contribution in [3.05, 3.63) is 53.4 Å². The molecule has 1 heterocycles. The number of rotatable bonds is 7. The summed E-state index contributed by atoms with van der Waals surface area (Å²) in [5.74, 6) is 0.816. The molecule has 0 saturated heterocycles. The van der Waals surface area contributed by atoms with Crippen LogP contribution in [0.3, 0.4) is 0 Å². The zero-order chi connectivity index (χ0) is 23.5. The summed E-state index contributed by atoms with van der Waals surface area (Å²) in [7, 11) is -0.623. The third kappa shape index (κ3) is 5.64. The molecule has 170 valence electrons. The molecule has 0 aliphatic heterocycles. The maximum absolute atomic E-state index is 12.7. The highest BCUT2D eigenvalue weighted by Gasteiger charge is 2.23. The zero-order valence-electron chi connectivity index (χ0n) is 18.4. The fourth-order valence-corrected chi connectivity index (χ4v) is 5.07. The molecule has 0 aliphatic rings. The maximum Gasteiger partial charge on any atom is 0.257 e. The van der Waals surface area contributed by atoms with Crippen LogP contribution in [0, 0.1) is 0 Å². The molecule has 0 aliphatic carbocycles. The molecule has 2 N–H and O–H groups in total. The number of sulfonamides is 1. The molecule has 0 unspecified atom stereocenters. The standard InChI is InChI=1S/C22H25N3O5S2/c1-22(2,3)25-32(27,28)16-8-6-7-14(11-16)20(26)24-21-23-18(13-31-21)17-12-15(29-4)9-10-19(17)30-5/h6-13,25H,1-5H3,(H,23,24,26). The predicted octanol–water partition coefficient (Wildman–Crippen LogP) is 4.16. The Bertz CT molecular complexity index is 1230. The van der Waals surface area contributed by atoms with Crippen molar-refractivity contribution in [2.75, 3.05) is 19.5 Å². The van der Waals surface area contributed by atoms with E-state index in [1.165, 1.54) is 29.5 Å². The van der Waals surface area contributed by atoms with Crippen LogP contribution in [0.4, 0.5) is 5.13 Å². The zero-order valence-corrected chi connectivity index (χ0v) is 20.1. The Kier molecular flexibility index (Phi) is 6.87. The van der Waals surface area contributed by atoms with E-state index in [-0.39, 0.29) is 10.5 Å². The fraction of sp³-hybridized carbons (Fsp3) is 0.273. The van der Waals surface area contributed by atoms with Crippen LogP contribution in [0.5, 0.6) is 11.5 Å². The highest BCUT2D eigenvalue weighted by atomic mass is 32.2. The molecule has 3 aromatic rings. The third-order valence-corrected chi connectivity index (χ3v) is 6.77. The van der Waals surface area contributed by atoms with Gasteiger partial charge in [-0.05, 0) is 57.2 Å². The van der Waals surface area contributed by atoms with Gasteiger partial charge in [-0.15, -0.1) is 11.3 Å². The van der Waals surface area contributed by atoms with Crippen LogP contribution >= 0.6 is 11.3 Å². The first-order valence-corrected chi connectivity index (χ1v) is 12.0. The third-order valence-electron chi connectivity index (χ3n) is 4.25. The van der Waals surface area contributed by atoms with E-state index in [0.717, 1.165) is 5.56 Å². The predicted molar refractivity (Wildman–Crippen MR) is 125 cm³/mol. The molecular weight excluding hydrogens is 450 g/mol. The molecule has 10 heteroatoms. The normalized spacial score (nSPS) is 11.8. The van der Waals surface area contributed by atoms with Gasteiger partial charge in [-0.25, -0.2) is 18.1 Å². The first-order valence-electron chi connectivity index (χ1n) is 9.66. The molecule has 32 heavy (non-hydrogen) atoms. The van der Waals surface area contributed by atoms with Crippen LogP contribution in [-0.2, 0) is 10.0 Å². The number of hydrogen-bond donors (Lipinski definition) is 2. The van der Waals surface area contributed by atoms with Crippen molar-refractivity contribution in [2.45, 2.75) is 31.2 Å². The van der Waals surface area contributed by atoms with Gasteiger partial charge in [0.05, 0.1) is 24.8 Å². The van der Waals surface area contributed by atoms with E-state index in [1.54, 1.807) is 64.6 Å². The van der Waals surface area contributed by atoms with Crippen LogP contribution < -0.4 is 19.5 Å². The van der Waals surface area contributed by atoms with E-state index in [2.05, 4.69) is 15.0 Å². The number of benzene rings is 2. The maximum atomic E-state index is 12.7. The van der Waals surface area contributed by atoms with Gasteiger partial charge in [0.1, 0.15) is 11.5 Å². The molecular formula is C22H25N3O5S2. The molecule has 0 atom stereocenters. The summed E-state index contributed by atoms with van der Waals surface area (Å²) in [6.45, 7) is 5.25. The average molecular weight is 476 g/mol. The van der Waals surface area contributed by atoms with Crippen LogP contribution in [0.2, 0.25) is 0 Å². The minimum atomic E-state index is -3.76. The number of carbonyl (C=O) groups is 1. The van der Waals surface area contributed by atoms with Crippen molar-refractivity contribution in [3.63, 3.8) is 0 Å². The van der Waals surface area contributed by atoms with Crippen LogP contribution in [0.1, 0.15) is 31.1 Å². The Morgan fingerprint density at radius 3 is 2.47 bits per heavy atom. The summed E-state index contributed by atoms with van der Waals surface area (Å²) in [6, 6.07) is 11.2. The minimum absolute atomic E-state index is 0.0148. The second kappa shape index (κ2) is 9.27. The summed E-state index contributed by atoms with van der Waals surface area (Å²) in [4.78, 5) is 17.2. The number of methoxy groups -OCH3 is 2. The number of amides is 1. The Hall–Kier alpha value is -2.95. The van der Waals surface area contributed by atoms with Gasteiger partial charge in [0.25, 0.3) is 5.91 Å². The quantitative estimate of drug-likeness (QED) is 0.532. The summed E-state index contributed by atoms with van der Waals surface area (Å²) < 4.78 is 38.4. The van der Waals surface area contributed by atoms with Gasteiger partial charge < -0.3 is 9.47 Å². The first-order chi connectivity index (χ1) is 15.0. The van der Waals surface area contributed by atoms with Gasteiger partial charge in [0.2, 0.25) is 10.0 Å². The van der Waals surface area contributed by atoms with Crippen molar-refractivity contribution in [1.29, 1.82) is 0 Å². The van der Waals surface area contributed by atoms with Crippen molar-refractivity contribution in [2.24, 2.45) is 0 Å². The van der Waals surface area contributed by atoms with Crippen LogP contribution in [0.25, 0.3) is 11.3 Å². The number of thiazole rings is 1. The monoisotopic (exact) mass is 475 g/mol. The van der Waals surface area contributed by atoms with Gasteiger partial charge in [0, 0.05) is 22.0 Å². The van der Waals surface area contributed by atoms with Crippen molar-refractivity contribution >= 4 is 32.4 Å². The van der Waals surface area contributed by atoms with E-state index in [9.17, 15) is 13.2 Å². The smallest absolute Gasteiger partial charge is 0.257 e. The fourth-order valence-electron chi connectivity index (χ4n) is 2.90. The highest BCUT2D eigenvalue weighted by Crippen LogP contribution is 2.35. The summed E-state index contributed by atoms with van der Waals surface area (Å²) in [6.07, 6.45) is 0. The van der Waals surface area contributed by atoms with E-state index in [4.69, 9.17) is 9.47 Å². The summed E-state index contributed by atoms with van der Waals surface area (Å²) in [5, 5.41) is 4.89.